The lowest BCUT2D eigenvalue weighted by molar-refractivity contribution is -0.136. The van der Waals surface area contributed by atoms with Crippen LogP contribution >= 0.6 is 0 Å². The van der Waals surface area contributed by atoms with Crippen molar-refractivity contribution in [1.82, 2.24) is 0 Å². The molecule has 0 fully saturated rings. The van der Waals surface area contributed by atoms with Gasteiger partial charge in [-0.2, -0.15) is 0 Å². The molecule has 1 heterocycles. The number of phenolic OH excluding ortho intramolecular Hbond substituents is 1. The summed E-state index contributed by atoms with van der Waals surface area (Å²) in [6, 6.07) is 12.8. The maximum Gasteiger partial charge on any atom is 0.368 e. The maximum atomic E-state index is 12.1. The molecule has 1 aliphatic heterocycles. The van der Waals surface area contributed by atoms with Crippen LogP contribution in [0.4, 0.5) is 0 Å². The van der Waals surface area contributed by atoms with E-state index >= 15 is 0 Å². The van der Waals surface area contributed by atoms with E-state index in [9.17, 15) is 9.90 Å². The molecule has 0 atom stereocenters. The van der Waals surface area contributed by atoms with Crippen LogP contribution in [0, 0.1) is 0 Å². The average molecular weight is 335 g/mol. The standard InChI is InChI=1S/C20H17NO4/c1-3-7-15-10-13(12-17(24-2)19(15)22)11-16-18(21-25-20(16)23)14-8-5-4-6-9-14/h3-6,8-12,22H,1,7H2,2H3/b16-11-. The first-order valence-electron chi connectivity index (χ1n) is 7.71. The van der Waals surface area contributed by atoms with E-state index in [-0.39, 0.29) is 5.75 Å². The highest BCUT2D eigenvalue weighted by Gasteiger charge is 2.26. The number of hydrogen-bond acceptors (Lipinski definition) is 5. The lowest BCUT2D eigenvalue weighted by atomic mass is 9.99. The van der Waals surface area contributed by atoms with E-state index in [1.165, 1.54) is 7.11 Å². The molecular formula is C20H17NO4. The monoisotopic (exact) mass is 335 g/mol. The highest BCUT2D eigenvalue weighted by Crippen LogP contribution is 2.33. The van der Waals surface area contributed by atoms with Crippen molar-refractivity contribution in [3.05, 3.63) is 77.4 Å². The predicted molar refractivity (Wildman–Crippen MR) is 95.6 cm³/mol. The smallest absolute Gasteiger partial charge is 0.368 e. The Bertz CT molecular complexity index is 882. The second kappa shape index (κ2) is 7.05. The summed E-state index contributed by atoms with van der Waals surface area (Å²) in [6.07, 6.45) is 3.84. The molecule has 5 heteroatoms. The van der Waals surface area contributed by atoms with Crippen molar-refractivity contribution in [1.29, 1.82) is 0 Å². The molecule has 1 aliphatic rings. The van der Waals surface area contributed by atoms with Crippen LogP contribution in [-0.4, -0.2) is 23.9 Å². The summed E-state index contributed by atoms with van der Waals surface area (Å²) < 4.78 is 5.22. The van der Waals surface area contributed by atoms with Gasteiger partial charge >= 0.3 is 5.97 Å². The van der Waals surface area contributed by atoms with E-state index in [2.05, 4.69) is 11.7 Å². The lowest BCUT2D eigenvalue weighted by Gasteiger charge is -2.10. The van der Waals surface area contributed by atoms with Gasteiger partial charge in [0, 0.05) is 11.1 Å². The summed E-state index contributed by atoms with van der Waals surface area (Å²) in [5.41, 5.74) is 2.97. The molecule has 25 heavy (non-hydrogen) atoms. The number of benzene rings is 2. The topological polar surface area (TPSA) is 68.1 Å². The Morgan fingerprint density at radius 1 is 1.28 bits per heavy atom. The number of carbonyl (C=O) groups is 1. The Hall–Kier alpha value is -3.34. The molecule has 0 spiro atoms. The average Bonchev–Trinajstić information content (AvgIpc) is 2.99. The Balaban J connectivity index is 2.07. The Labute approximate surface area is 145 Å². The van der Waals surface area contributed by atoms with Crippen molar-refractivity contribution in [2.75, 3.05) is 7.11 Å². The summed E-state index contributed by atoms with van der Waals surface area (Å²) in [6.45, 7) is 3.69. The summed E-state index contributed by atoms with van der Waals surface area (Å²) in [5.74, 6) is -0.123. The van der Waals surface area contributed by atoms with Crippen LogP contribution in [0.25, 0.3) is 6.08 Å². The molecule has 0 bridgehead atoms. The van der Waals surface area contributed by atoms with Gasteiger partial charge in [0.1, 0.15) is 5.71 Å². The van der Waals surface area contributed by atoms with Crippen molar-refractivity contribution >= 4 is 17.8 Å². The number of allylic oxidation sites excluding steroid dienone is 1. The molecule has 2 aromatic carbocycles. The van der Waals surface area contributed by atoms with Crippen molar-refractivity contribution < 1.29 is 19.5 Å². The van der Waals surface area contributed by atoms with Crippen molar-refractivity contribution in [3.63, 3.8) is 0 Å². The van der Waals surface area contributed by atoms with E-state index in [1.807, 2.05) is 30.3 Å². The van der Waals surface area contributed by atoms with Crippen molar-refractivity contribution in [2.45, 2.75) is 6.42 Å². The minimum Gasteiger partial charge on any atom is -0.504 e. The molecule has 0 unspecified atom stereocenters. The summed E-state index contributed by atoms with van der Waals surface area (Å²) >= 11 is 0. The van der Waals surface area contributed by atoms with Crippen LogP contribution in [0.15, 0.2) is 65.8 Å². The zero-order chi connectivity index (χ0) is 17.8. The molecule has 1 N–H and O–H groups in total. The van der Waals surface area contributed by atoms with Gasteiger partial charge in [0.25, 0.3) is 0 Å². The zero-order valence-electron chi connectivity index (χ0n) is 13.7. The largest absolute Gasteiger partial charge is 0.504 e. The summed E-state index contributed by atoms with van der Waals surface area (Å²) in [7, 11) is 1.48. The molecule has 2 aromatic rings. The predicted octanol–water partition coefficient (Wildman–Crippen LogP) is 3.47. The van der Waals surface area contributed by atoms with Gasteiger partial charge in [0.2, 0.25) is 0 Å². The van der Waals surface area contributed by atoms with Gasteiger partial charge < -0.3 is 14.7 Å². The Morgan fingerprint density at radius 2 is 2.04 bits per heavy atom. The molecular weight excluding hydrogens is 318 g/mol. The number of phenols is 1. The molecule has 0 saturated heterocycles. The molecule has 0 radical (unpaired) electrons. The van der Waals surface area contributed by atoms with Gasteiger partial charge in [-0.15, -0.1) is 6.58 Å². The van der Waals surface area contributed by atoms with Crippen LogP contribution in [0.2, 0.25) is 0 Å². The number of nitrogens with zero attached hydrogens (tertiary/aromatic N) is 1. The van der Waals surface area contributed by atoms with Gasteiger partial charge in [0.05, 0.1) is 12.7 Å². The van der Waals surface area contributed by atoms with Crippen molar-refractivity contribution in [3.8, 4) is 11.5 Å². The highest BCUT2D eigenvalue weighted by molar-refractivity contribution is 6.31. The highest BCUT2D eigenvalue weighted by atomic mass is 16.7. The van der Waals surface area contributed by atoms with Crippen LogP contribution in [0.5, 0.6) is 11.5 Å². The number of methoxy groups -OCH3 is 1. The molecule has 0 saturated carbocycles. The Kier molecular flexibility index (Phi) is 4.66. The summed E-state index contributed by atoms with van der Waals surface area (Å²) in [5, 5.41) is 14.1. The molecule has 126 valence electrons. The normalized spacial score (nSPS) is 15.0. The second-order valence-corrected chi connectivity index (χ2v) is 5.47. The molecule has 5 nitrogen and oxygen atoms in total. The molecule has 0 aromatic heterocycles. The van der Waals surface area contributed by atoms with Gasteiger partial charge in [0.15, 0.2) is 11.5 Å². The third-order valence-corrected chi connectivity index (χ3v) is 3.81. The second-order valence-electron chi connectivity index (χ2n) is 5.47. The van der Waals surface area contributed by atoms with Crippen molar-refractivity contribution in [2.24, 2.45) is 5.16 Å². The molecule has 0 aliphatic carbocycles. The number of carbonyl (C=O) groups excluding carboxylic acids is 1. The van der Waals surface area contributed by atoms with E-state index in [0.29, 0.717) is 34.6 Å². The van der Waals surface area contributed by atoms with E-state index in [0.717, 1.165) is 5.56 Å². The van der Waals surface area contributed by atoms with Gasteiger partial charge in [-0.1, -0.05) is 41.6 Å². The fraction of sp³-hybridized carbons (Fsp3) is 0.100. The molecule has 0 amide bonds. The zero-order valence-corrected chi connectivity index (χ0v) is 13.7. The maximum absolute atomic E-state index is 12.1. The third kappa shape index (κ3) is 3.30. The summed E-state index contributed by atoms with van der Waals surface area (Å²) in [4.78, 5) is 16.9. The third-order valence-electron chi connectivity index (χ3n) is 3.81. The fourth-order valence-corrected chi connectivity index (χ4v) is 2.62. The Morgan fingerprint density at radius 3 is 2.72 bits per heavy atom. The fourth-order valence-electron chi connectivity index (χ4n) is 2.62. The lowest BCUT2D eigenvalue weighted by Crippen LogP contribution is -2.06. The minimum absolute atomic E-state index is 0.0653. The number of hydrogen-bond donors (Lipinski definition) is 1. The van der Waals surface area contributed by atoms with Crippen LogP contribution in [0.3, 0.4) is 0 Å². The van der Waals surface area contributed by atoms with Gasteiger partial charge in [-0.3, -0.25) is 0 Å². The van der Waals surface area contributed by atoms with Crippen LogP contribution < -0.4 is 4.74 Å². The van der Waals surface area contributed by atoms with Gasteiger partial charge in [-0.05, 0) is 30.2 Å². The first kappa shape index (κ1) is 16.5. The van der Waals surface area contributed by atoms with E-state index in [1.54, 1.807) is 24.3 Å². The molecule has 3 rings (SSSR count). The van der Waals surface area contributed by atoms with E-state index in [4.69, 9.17) is 9.57 Å². The number of ether oxygens (including phenoxy) is 1. The minimum atomic E-state index is -0.517. The van der Waals surface area contributed by atoms with E-state index < -0.39 is 5.97 Å². The SMILES string of the molecule is C=CCc1cc(/C=C2\C(=O)ON=C2c2ccccc2)cc(OC)c1O. The number of aromatic hydroxyl groups is 1. The van der Waals surface area contributed by atoms with Gasteiger partial charge in [-0.25, -0.2) is 4.79 Å². The van der Waals surface area contributed by atoms with Crippen LogP contribution in [0.1, 0.15) is 16.7 Å². The van der Waals surface area contributed by atoms with Crippen LogP contribution in [-0.2, 0) is 16.1 Å². The first-order valence-corrected chi connectivity index (χ1v) is 7.71. The quantitative estimate of drug-likeness (QED) is 0.516. The number of rotatable bonds is 5. The number of oxime groups is 1. The first-order chi connectivity index (χ1) is 12.1.